The van der Waals surface area contributed by atoms with Gasteiger partial charge < -0.3 is 33.4 Å². The van der Waals surface area contributed by atoms with Crippen LogP contribution in [0.1, 0.15) is 87.6 Å². The molecule has 0 spiro atoms. The fourth-order valence-electron chi connectivity index (χ4n) is 5.63. The van der Waals surface area contributed by atoms with E-state index in [-0.39, 0.29) is 25.3 Å². The van der Waals surface area contributed by atoms with E-state index >= 15 is 0 Å². The number of carbonyl (C=O) groups is 1. The molecule has 296 valence electrons. The minimum Gasteiger partial charge on any atom is -0.593 e. The van der Waals surface area contributed by atoms with Gasteiger partial charge in [0.2, 0.25) is 0 Å². The second-order valence-corrected chi connectivity index (χ2v) is 23.5. The molecule has 0 bridgehead atoms. The van der Waals surface area contributed by atoms with Crippen LogP contribution in [0.15, 0.2) is 35.2 Å². The first-order valence-corrected chi connectivity index (χ1v) is 23.0. The zero-order chi connectivity index (χ0) is 39.5. The lowest BCUT2D eigenvalue weighted by molar-refractivity contribution is -0.265. The number of imidazole rings is 1. The Morgan fingerprint density at radius 3 is 2.23 bits per heavy atom. The summed E-state index contributed by atoms with van der Waals surface area (Å²) in [6.07, 6.45) is -3.41. The summed E-state index contributed by atoms with van der Waals surface area (Å²) in [6.45, 7) is 19.8. The molecule has 3 atom stereocenters. The van der Waals surface area contributed by atoms with Crippen LogP contribution in [-0.2, 0) is 37.0 Å². The van der Waals surface area contributed by atoms with Crippen molar-refractivity contribution in [2.45, 2.75) is 141 Å². The number of hydrogen-bond donors (Lipinski definition) is 2. The number of aryl methyl sites for hydroxylation is 3. The molecule has 0 aliphatic heterocycles. The number of carbonyl (C=O) groups excluding carboxylic acids is 1. The fourth-order valence-corrected chi connectivity index (χ4v) is 7.67. The summed E-state index contributed by atoms with van der Waals surface area (Å²) in [4.78, 5) is 18.7. The summed E-state index contributed by atoms with van der Waals surface area (Å²) in [5, 5.41) is 2.71. The number of hydrogen-bond acceptors (Lipinski definition) is 8. The Hall–Kier alpha value is -2.66. The second kappa shape index (κ2) is 17.0. The van der Waals surface area contributed by atoms with Crippen LogP contribution in [0.4, 0.5) is 18.0 Å². The first kappa shape index (κ1) is 43.1. The lowest BCUT2D eigenvalue weighted by atomic mass is 10.1. The maximum atomic E-state index is 13.9. The molecule has 1 aliphatic rings. The number of rotatable bonds is 17. The number of alkyl halides is 3. The molecular weight excluding hydrogens is 726 g/mol. The number of nitrogens with one attached hydrogen (secondary N) is 2. The van der Waals surface area contributed by atoms with Gasteiger partial charge in [-0.3, -0.25) is 0 Å². The van der Waals surface area contributed by atoms with Gasteiger partial charge in [0.15, 0.2) is 10.5 Å². The summed E-state index contributed by atoms with van der Waals surface area (Å²) in [5.41, 5.74) is 1.45. The maximum absolute atomic E-state index is 13.9. The summed E-state index contributed by atoms with van der Waals surface area (Å²) < 4.78 is 83.8. The van der Waals surface area contributed by atoms with Crippen molar-refractivity contribution in [3.05, 3.63) is 58.4 Å². The number of ether oxygens (including phenoxy) is 4. The molecule has 4 rings (SSSR count). The highest BCUT2D eigenvalue weighted by molar-refractivity contribution is 7.89. The third-order valence-electron chi connectivity index (χ3n) is 8.78. The molecule has 2 aromatic carbocycles. The lowest BCUT2D eigenvalue weighted by Crippen LogP contribution is -2.45. The monoisotopic (exact) mass is 782 g/mol. The van der Waals surface area contributed by atoms with E-state index in [9.17, 15) is 22.5 Å². The molecule has 1 aromatic heterocycles. The van der Waals surface area contributed by atoms with Gasteiger partial charge in [0.25, 0.3) is 0 Å². The van der Waals surface area contributed by atoms with Gasteiger partial charge in [0.1, 0.15) is 30.2 Å². The van der Waals surface area contributed by atoms with Crippen LogP contribution < -0.4 is 10.0 Å². The number of nitrogens with zero attached hydrogens (tertiary/aromatic N) is 2. The van der Waals surface area contributed by atoms with Crippen molar-refractivity contribution in [1.29, 1.82) is 0 Å². The average Bonchev–Trinajstić information content (AvgIpc) is 3.76. The molecule has 1 fully saturated rings. The predicted molar refractivity (Wildman–Crippen MR) is 204 cm³/mol. The minimum absolute atomic E-state index is 0.0350. The van der Waals surface area contributed by atoms with Gasteiger partial charge in [0.05, 0.1) is 41.7 Å². The van der Waals surface area contributed by atoms with Gasteiger partial charge >= 0.3 is 12.3 Å². The van der Waals surface area contributed by atoms with E-state index in [4.69, 9.17) is 23.9 Å². The highest BCUT2D eigenvalue weighted by Gasteiger charge is 2.49. The first-order valence-electron chi connectivity index (χ1n) is 18.1. The van der Waals surface area contributed by atoms with E-state index in [0.717, 1.165) is 55.0 Å². The molecular formula is C38H57F3N4O6SSi. The number of fused-ring (bicyclic) bond motifs is 1. The van der Waals surface area contributed by atoms with Gasteiger partial charge in [-0.15, -0.1) is 4.72 Å². The highest BCUT2D eigenvalue weighted by Crippen LogP contribution is 2.35. The second-order valence-electron chi connectivity index (χ2n) is 16.7. The van der Waals surface area contributed by atoms with Crippen molar-refractivity contribution in [2.24, 2.45) is 0 Å². The van der Waals surface area contributed by atoms with Crippen LogP contribution in [0.2, 0.25) is 25.7 Å². The van der Waals surface area contributed by atoms with Crippen molar-refractivity contribution < 1.29 is 41.5 Å². The van der Waals surface area contributed by atoms with E-state index in [2.05, 4.69) is 29.7 Å². The largest absolute Gasteiger partial charge is 0.593 e. The van der Waals surface area contributed by atoms with Crippen molar-refractivity contribution >= 4 is 36.6 Å². The van der Waals surface area contributed by atoms with Crippen molar-refractivity contribution in [3.63, 3.8) is 0 Å². The predicted octanol–water partition coefficient (Wildman–Crippen LogP) is 8.73. The Morgan fingerprint density at radius 1 is 1.02 bits per heavy atom. The van der Waals surface area contributed by atoms with Gasteiger partial charge in [-0.25, -0.2) is 9.78 Å². The molecule has 1 amide bonds. The van der Waals surface area contributed by atoms with E-state index in [0.29, 0.717) is 22.5 Å². The molecule has 1 aliphatic carbocycles. The zero-order valence-electron chi connectivity index (χ0n) is 33.0. The molecule has 10 nitrogen and oxygen atoms in total. The molecule has 53 heavy (non-hydrogen) atoms. The molecule has 1 unspecified atom stereocenters. The summed E-state index contributed by atoms with van der Waals surface area (Å²) in [5.74, 6) is 0.238. The molecule has 0 radical (unpaired) electrons. The van der Waals surface area contributed by atoms with Crippen LogP contribution in [0.25, 0.3) is 11.0 Å². The Morgan fingerprint density at radius 2 is 1.66 bits per heavy atom. The summed E-state index contributed by atoms with van der Waals surface area (Å²) >= 11 is -1.57. The Labute approximate surface area is 316 Å². The standard InChI is InChI=1S/C38H57F3N4O6SSi/c1-24-18-25(2)33(26(3)19-24)52(47)44-30(21-49-28-13-14-28)27-12-15-32-29(20-27)42-34(45(32)23-48-16-17-53(9,10)11)31(43-35(46)51-36(4,5)6)22-50-37(7,8)38(39,40)41/h12,15,18-20,28,30-31,44H,13-14,16-17,21-23H2,1-11H3,(H,43,46)/t30-,31+,52?/m1/s1. The smallest absolute Gasteiger partial charge is 0.416 e. The SMILES string of the molecule is Cc1cc(C)c([S+]([O-])N[C@H](COC2CC2)c2ccc3c(c2)nc([C@H](COC(C)(C)C(F)(F)F)NC(=O)OC(C)(C)C)n3COCC[Si](C)(C)C)c(C)c1. The molecule has 2 N–H and O–H groups in total. The molecule has 1 saturated carbocycles. The normalized spacial score (nSPS) is 16.1. The van der Waals surface area contributed by atoms with Crippen LogP contribution in [-0.4, -0.2) is 71.6 Å². The Kier molecular flexibility index (Phi) is 13.8. The van der Waals surface area contributed by atoms with Crippen LogP contribution >= 0.6 is 0 Å². The van der Waals surface area contributed by atoms with E-state index < -0.39 is 61.6 Å². The minimum atomic E-state index is -4.67. The van der Waals surface area contributed by atoms with Crippen molar-refractivity contribution in [3.8, 4) is 0 Å². The van der Waals surface area contributed by atoms with E-state index in [1.807, 2.05) is 51.1 Å². The highest BCUT2D eigenvalue weighted by atomic mass is 32.2. The third kappa shape index (κ3) is 12.4. The van der Waals surface area contributed by atoms with Gasteiger partial charge in [-0.2, -0.15) is 13.2 Å². The van der Waals surface area contributed by atoms with Gasteiger partial charge in [0, 0.05) is 25.8 Å². The number of aromatic nitrogens is 2. The zero-order valence-corrected chi connectivity index (χ0v) is 34.8. The Balaban J connectivity index is 1.76. The van der Waals surface area contributed by atoms with E-state index in [1.54, 1.807) is 25.3 Å². The van der Waals surface area contributed by atoms with Gasteiger partial charge in [-0.1, -0.05) is 43.4 Å². The molecule has 3 aromatic rings. The fraction of sp³-hybridized carbons (Fsp3) is 0.632. The number of halogens is 3. The van der Waals surface area contributed by atoms with Crippen LogP contribution in [0.3, 0.4) is 0 Å². The lowest BCUT2D eigenvalue weighted by Gasteiger charge is -2.30. The quantitative estimate of drug-likeness (QED) is 0.0794. The number of benzene rings is 2. The third-order valence-corrected chi connectivity index (χ3v) is 12.0. The maximum Gasteiger partial charge on any atom is 0.416 e. The molecule has 1 heterocycles. The number of amides is 1. The molecule has 0 saturated heterocycles. The van der Waals surface area contributed by atoms with Crippen molar-refractivity contribution in [1.82, 2.24) is 19.6 Å². The topological polar surface area (TPSA) is 119 Å². The summed E-state index contributed by atoms with van der Waals surface area (Å²) in [7, 11) is -1.44. The van der Waals surface area contributed by atoms with Gasteiger partial charge in [-0.05, 0) is 92.0 Å². The number of alkyl carbamates (subject to hydrolysis) is 1. The van der Waals surface area contributed by atoms with E-state index in [1.165, 1.54) is 0 Å². The molecule has 15 heteroatoms. The van der Waals surface area contributed by atoms with Crippen LogP contribution in [0, 0.1) is 20.8 Å². The van der Waals surface area contributed by atoms with Crippen molar-refractivity contribution in [2.75, 3.05) is 19.8 Å². The first-order chi connectivity index (χ1) is 24.4. The van der Waals surface area contributed by atoms with Crippen LogP contribution in [0.5, 0.6) is 0 Å². The Bertz CT molecular complexity index is 1700. The summed E-state index contributed by atoms with van der Waals surface area (Å²) in [6, 6.07) is 8.88. The average molecular weight is 783 g/mol.